The van der Waals surface area contributed by atoms with Crippen molar-refractivity contribution >= 4 is 56.9 Å². The van der Waals surface area contributed by atoms with Gasteiger partial charge in [0.2, 0.25) is 11.8 Å². The molecule has 4 atom stereocenters. The van der Waals surface area contributed by atoms with Crippen LogP contribution in [0.5, 0.6) is 0 Å². The average molecular weight is 812 g/mol. The van der Waals surface area contributed by atoms with Gasteiger partial charge >= 0.3 is 12.2 Å². The van der Waals surface area contributed by atoms with Gasteiger partial charge in [-0.15, -0.1) is 0 Å². The van der Waals surface area contributed by atoms with Crippen molar-refractivity contribution in [1.82, 2.24) is 30.4 Å². The highest BCUT2D eigenvalue weighted by atomic mass is 16.5. The van der Waals surface area contributed by atoms with Crippen LogP contribution in [0.3, 0.4) is 0 Å². The van der Waals surface area contributed by atoms with Crippen molar-refractivity contribution in [3.8, 4) is 22.4 Å². The highest BCUT2D eigenvalue weighted by molar-refractivity contribution is 6.19. The molecule has 0 radical (unpaired) electrons. The van der Waals surface area contributed by atoms with Crippen LogP contribution in [0.2, 0.25) is 0 Å². The zero-order valence-corrected chi connectivity index (χ0v) is 35.1. The molecule has 4 amide bonds. The molecule has 3 N–H and O–H groups in total. The number of hydrogen-bond acceptors (Lipinski definition) is 8. The minimum atomic E-state index is -0.693. The zero-order chi connectivity index (χ0) is 42.2. The summed E-state index contributed by atoms with van der Waals surface area (Å²) in [6, 6.07) is 21.7. The van der Waals surface area contributed by atoms with Crippen LogP contribution in [-0.4, -0.2) is 94.9 Å². The summed E-state index contributed by atoms with van der Waals surface area (Å²) in [5.74, 6) is 0.270. The minimum Gasteiger partial charge on any atom is -0.453 e. The minimum absolute atomic E-state index is 0.103. The Bertz CT molecular complexity index is 2490. The van der Waals surface area contributed by atoms with E-state index >= 15 is 0 Å². The molecule has 0 bridgehead atoms. The van der Waals surface area contributed by atoms with E-state index in [0.717, 1.165) is 86.8 Å². The predicted octanol–water partition coefficient (Wildman–Crippen LogP) is 8.09. The molecule has 4 heterocycles. The number of rotatable bonds is 10. The average Bonchev–Trinajstić information content (AvgIpc) is 4.10. The molecule has 0 unspecified atom stereocenters. The Morgan fingerprint density at radius 2 is 1.27 bits per heavy atom. The van der Waals surface area contributed by atoms with Gasteiger partial charge in [-0.3, -0.25) is 14.6 Å². The first kappa shape index (κ1) is 40.5. The van der Waals surface area contributed by atoms with Gasteiger partial charge in [0, 0.05) is 30.6 Å². The van der Waals surface area contributed by atoms with Crippen molar-refractivity contribution in [3.63, 3.8) is 0 Å². The Balaban J connectivity index is 1.03. The van der Waals surface area contributed by atoms with Crippen molar-refractivity contribution < 1.29 is 28.7 Å². The van der Waals surface area contributed by atoms with Crippen LogP contribution in [0.4, 0.5) is 15.3 Å². The Labute approximate surface area is 349 Å². The SMILES string of the molecule is COC(=O)N[C@H](C(=O)N1CCC[C@H]1C1=Nc2c(c3ccc(-c4ccc(-c5cnc([C@@H]6CCCN6C(=O)[C@@H](NC(=O)OC)C(C)C)[nH]5)cc4)cc3c3ccccc23)C1)C(C)C. The number of H-pyrrole nitrogens is 1. The van der Waals surface area contributed by atoms with Crippen LogP contribution < -0.4 is 10.6 Å². The molecular weight excluding hydrogens is 759 g/mol. The van der Waals surface area contributed by atoms with Gasteiger partial charge in [0.05, 0.1) is 43.9 Å². The van der Waals surface area contributed by atoms with E-state index in [1.807, 2.05) is 43.7 Å². The van der Waals surface area contributed by atoms with Crippen LogP contribution in [-0.2, 0) is 25.5 Å². The van der Waals surface area contributed by atoms with Crippen LogP contribution in [0, 0.1) is 11.8 Å². The fraction of sp³-hybridized carbons (Fsp3) is 0.404. The highest BCUT2D eigenvalue weighted by Gasteiger charge is 2.40. The lowest BCUT2D eigenvalue weighted by atomic mass is 9.91. The summed E-state index contributed by atoms with van der Waals surface area (Å²) in [6.07, 6.45) is 4.56. The molecule has 1 aromatic heterocycles. The van der Waals surface area contributed by atoms with Crippen LogP contribution >= 0.6 is 0 Å². The second kappa shape index (κ2) is 16.8. The lowest BCUT2D eigenvalue weighted by Crippen LogP contribution is -2.53. The lowest BCUT2D eigenvalue weighted by molar-refractivity contribution is -0.135. The van der Waals surface area contributed by atoms with Gasteiger partial charge in [0.1, 0.15) is 17.9 Å². The molecule has 60 heavy (non-hydrogen) atoms. The first-order chi connectivity index (χ1) is 29.0. The molecule has 4 aromatic carbocycles. The number of imidazole rings is 1. The molecule has 2 saturated heterocycles. The van der Waals surface area contributed by atoms with Crippen molar-refractivity contribution in [2.24, 2.45) is 16.8 Å². The molecule has 0 saturated carbocycles. The Morgan fingerprint density at radius 1 is 0.700 bits per heavy atom. The number of ether oxygens (including phenoxy) is 2. The predicted molar refractivity (Wildman–Crippen MR) is 232 cm³/mol. The third-order valence-electron chi connectivity index (χ3n) is 12.4. The fourth-order valence-corrected chi connectivity index (χ4v) is 9.23. The van der Waals surface area contributed by atoms with E-state index in [1.54, 1.807) is 0 Å². The number of nitrogens with one attached hydrogen (secondary N) is 3. The van der Waals surface area contributed by atoms with Gasteiger partial charge in [-0.2, -0.15) is 0 Å². The standard InChI is InChI=1S/C47H53N7O6/c1-26(2)40(51-46(57)59-5)44(55)53-21-9-13-38(53)36-24-35-32-20-19-30(23-34(32)31-11-7-8-12-33(31)42(35)49-36)28-15-17-29(18-16-28)37-25-48-43(50-37)39-14-10-22-54(39)45(56)41(27(3)4)52-47(58)60-6/h7-8,11-12,15-20,23,25-27,38-41H,9-10,13-14,21-22,24H2,1-6H3,(H,48,50)(H,51,57)(H,52,58)/t38-,39-,40-,41-/m0/s1. The number of alkyl carbamates (subject to hydrolysis) is 2. The van der Waals surface area contributed by atoms with Crippen molar-refractivity contribution in [2.75, 3.05) is 27.3 Å². The molecule has 8 rings (SSSR count). The lowest BCUT2D eigenvalue weighted by Gasteiger charge is -2.30. The number of aliphatic imine (C=N–C) groups is 1. The number of benzene rings is 4. The second-order valence-corrected chi connectivity index (χ2v) is 16.8. The third kappa shape index (κ3) is 7.57. The first-order valence-electron chi connectivity index (χ1n) is 21.0. The van der Waals surface area contributed by atoms with Crippen molar-refractivity contribution in [3.05, 3.63) is 84.3 Å². The van der Waals surface area contributed by atoms with E-state index in [9.17, 15) is 19.2 Å². The molecule has 2 fully saturated rings. The molecule has 3 aliphatic rings. The van der Waals surface area contributed by atoms with E-state index in [4.69, 9.17) is 19.5 Å². The Morgan fingerprint density at radius 3 is 1.88 bits per heavy atom. The summed E-state index contributed by atoms with van der Waals surface area (Å²) in [4.78, 5) is 68.9. The monoisotopic (exact) mass is 811 g/mol. The normalized spacial score (nSPS) is 18.5. The van der Waals surface area contributed by atoms with Gasteiger partial charge in [0.15, 0.2) is 0 Å². The summed E-state index contributed by atoms with van der Waals surface area (Å²) in [5.41, 5.74) is 7.14. The van der Waals surface area contributed by atoms with E-state index in [1.165, 1.54) is 19.8 Å². The van der Waals surface area contributed by atoms with E-state index in [0.29, 0.717) is 19.5 Å². The Hall–Kier alpha value is -6.24. The fourth-order valence-electron chi connectivity index (χ4n) is 9.23. The van der Waals surface area contributed by atoms with Crippen LogP contribution in [0.1, 0.15) is 70.8 Å². The highest BCUT2D eigenvalue weighted by Crippen LogP contribution is 2.44. The number of aromatic nitrogens is 2. The molecular formula is C47H53N7O6. The maximum absolute atomic E-state index is 13.9. The molecule has 0 aliphatic carbocycles. The number of nitrogens with zero attached hydrogens (tertiary/aromatic N) is 4. The number of carbonyl (C=O) groups is 4. The van der Waals surface area contributed by atoms with Crippen molar-refractivity contribution in [1.29, 1.82) is 0 Å². The summed E-state index contributed by atoms with van der Waals surface area (Å²) in [7, 11) is 2.60. The number of carbonyl (C=O) groups excluding carboxylic acids is 4. The summed E-state index contributed by atoms with van der Waals surface area (Å²) in [6.45, 7) is 8.88. The van der Waals surface area contributed by atoms with Gasteiger partial charge in [-0.25, -0.2) is 14.6 Å². The zero-order valence-electron chi connectivity index (χ0n) is 35.1. The summed E-state index contributed by atoms with van der Waals surface area (Å²) in [5, 5.41) is 9.98. The number of amides is 4. The van der Waals surface area contributed by atoms with Crippen molar-refractivity contribution in [2.45, 2.75) is 84.0 Å². The summed E-state index contributed by atoms with van der Waals surface area (Å²) < 4.78 is 9.61. The molecule has 13 nitrogen and oxygen atoms in total. The molecule has 312 valence electrons. The van der Waals surface area contributed by atoms with Gasteiger partial charge in [-0.05, 0) is 82.0 Å². The second-order valence-electron chi connectivity index (χ2n) is 16.8. The Kier molecular flexibility index (Phi) is 11.3. The number of aromatic amines is 1. The largest absolute Gasteiger partial charge is 0.453 e. The maximum atomic E-state index is 13.9. The van der Waals surface area contributed by atoms with Gasteiger partial charge in [-0.1, -0.05) is 88.4 Å². The molecule has 13 heteroatoms. The topological polar surface area (TPSA) is 158 Å². The smallest absolute Gasteiger partial charge is 0.407 e. The number of likely N-dealkylation sites (tertiary alicyclic amines) is 2. The van der Waals surface area contributed by atoms with Gasteiger partial charge < -0.3 is 34.9 Å². The van der Waals surface area contributed by atoms with E-state index < -0.39 is 24.3 Å². The maximum Gasteiger partial charge on any atom is 0.407 e. The molecule has 5 aromatic rings. The van der Waals surface area contributed by atoms with E-state index in [2.05, 4.69) is 82.3 Å². The quantitative estimate of drug-likeness (QED) is 0.120. The van der Waals surface area contributed by atoms with Gasteiger partial charge in [0.25, 0.3) is 0 Å². The number of hydrogen-bond donors (Lipinski definition) is 3. The van der Waals surface area contributed by atoms with E-state index in [-0.39, 0.29) is 35.7 Å². The molecule has 3 aliphatic heterocycles. The number of fused-ring (bicyclic) bond motifs is 6. The first-order valence-corrected chi connectivity index (χ1v) is 21.0. The third-order valence-corrected chi connectivity index (χ3v) is 12.4. The number of methoxy groups -OCH3 is 2. The summed E-state index contributed by atoms with van der Waals surface area (Å²) >= 11 is 0. The molecule has 0 spiro atoms. The van der Waals surface area contributed by atoms with Crippen LogP contribution in [0.15, 0.2) is 77.9 Å². The van der Waals surface area contributed by atoms with Crippen LogP contribution in [0.25, 0.3) is 43.9 Å².